The van der Waals surface area contributed by atoms with E-state index < -0.39 is 97.5 Å². The van der Waals surface area contributed by atoms with Crippen LogP contribution in [0.15, 0.2) is 48.6 Å². The lowest BCUT2D eigenvalue weighted by Crippen LogP contribution is -2.30. The topological polar surface area (TPSA) is 237 Å². The van der Waals surface area contributed by atoms with E-state index in [1.807, 2.05) is 0 Å². The second kappa shape index (κ2) is 70.5. The normalized spacial score (nSPS) is 14.2. The Labute approximate surface area is 585 Å². The van der Waals surface area contributed by atoms with Crippen LogP contribution in [0.4, 0.5) is 0 Å². The third kappa shape index (κ3) is 69.5. The fourth-order valence-electron chi connectivity index (χ4n) is 10.9. The van der Waals surface area contributed by atoms with Gasteiger partial charge in [-0.1, -0.05) is 301 Å². The largest absolute Gasteiger partial charge is 0.472 e. The van der Waals surface area contributed by atoms with Gasteiger partial charge in [-0.3, -0.25) is 37.3 Å². The summed E-state index contributed by atoms with van der Waals surface area (Å²) in [5.74, 6) is -2.16. The molecule has 0 bridgehead atoms. The van der Waals surface area contributed by atoms with Gasteiger partial charge in [-0.15, -0.1) is 0 Å². The predicted molar refractivity (Wildman–Crippen MR) is 390 cm³/mol. The average Bonchev–Trinajstić information content (AvgIpc) is 1.17. The molecule has 0 saturated heterocycles. The molecule has 0 aliphatic heterocycles. The van der Waals surface area contributed by atoms with Gasteiger partial charge in [0.15, 0.2) is 12.2 Å². The van der Waals surface area contributed by atoms with E-state index >= 15 is 0 Å². The maximum Gasteiger partial charge on any atom is 0.472 e. The second-order valence-electron chi connectivity index (χ2n) is 26.3. The van der Waals surface area contributed by atoms with Gasteiger partial charge in [-0.05, 0) is 83.5 Å². The zero-order chi connectivity index (χ0) is 70.4. The molecule has 0 heterocycles. The number of phosphoric ester groups is 2. The molecule has 0 amide bonds. The van der Waals surface area contributed by atoms with Crippen LogP contribution in [-0.4, -0.2) is 96.7 Å². The third-order valence-electron chi connectivity index (χ3n) is 16.8. The summed E-state index contributed by atoms with van der Waals surface area (Å²) in [6.45, 7) is 4.80. The van der Waals surface area contributed by atoms with Gasteiger partial charge in [0.1, 0.15) is 19.3 Å². The lowest BCUT2D eigenvalue weighted by Gasteiger charge is -2.21. The number of carbonyl (C=O) groups is 4. The lowest BCUT2D eigenvalue weighted by molar-refractivity contribution is -0.161. The highest BCUT2D eigenvalue weighted by molar-refractivity contribution is 7.47. The molecule has 3 N–H and O–H groups in total. The molecule has 17 nitrogen and oxygen atoms in total. The van der Waals surface area contributed by atoms with Gasteiger partial charge in [-0.2, -0.15) is 0 Å². The van der Waals surface area contributed by atoms with E-state index in [0.717, 1.165) is 154 Å². The number of ether oxygens (including phenoxy) is 4. The van der Waals surface area contributed by atoms with E-state index in [1.165, 1.54) is 128 Å². The summed E-state index contributed by atoms with van der Waals surface area (Å²) in [5.41, 5.74) is 0. The predicted octanol–water partition coefficient (Wildman–Crippen LogP) is 22.1. The van der Waals surface area contributed by atoms with Crippen molar-refractivity contribution in [2.75, 3.05) is 39.6 Å². The van der Waals surface area contributed by atoms with Crippen LogP contribution in [0.25, 0.3) is 0 Å². The number of allylic oxidation sites excluding steroid dienone is 8. The Kier molecular flexibility index (Phi) is 68.3. The molecule has 5 atom stereocenters. The molecule has 0 aliphatic rings. The van der Waals surface area contributed by atoms with E-state index in [2.05, 4.69) is 76.3 Å². The van der Waals surface area contributed by atoms with Crippen LogP contribution in [0.2, 0.25) is 0 Å². The number of unbranched alkanes of at least 4 members (excludes halogenated alkanes) is 40. The van der Waals surface area contributed by atoms with Crippen LogP contribution in [0.1, 0.15) is 362 Å². The Hall–Kier alpha value is -2.98. The van der Waals surface area contributed by atoms with E-state index in [1.54, 1.807) is 0 Å². The first-order valence-corrected chi connectivity index (χ1v) is 41.9. The molecule has 0 aromatic rings. The number of carbonyl (C=O) groups excluding carboxylic acids is 4. The van der Waals surface area contributed by atoms with Crippen LogP contribution >= 0.6 is 15.6 Å². The van der Waals surface area contributed by atoms with E-state index in [4.69, 9.17) is 37.0 Å². The summed E-state index contributed by atoms with van der Waals surface area (Å²) in [7, 11) is -9.93. The first-order valence-electron chi connectivity index (χ1n) is 38.9. The quantitative estimate of drug-likeness (QED) is 0.0169. The number of hydrogen-bond donors (Lipinski definition) is 3. The number of rotatable bonds is 74. The minimum Gasteiger partial charge on any atom is -0.462 e. The van der Waals surface area contributed by atoms with Gasteiger partial charge < -0.3 is 33.8 Å². The molecular formula is C77H142O17P2. The Bertz CT molecular complexity index is 2010. The summed E-state index contributed by atoms with van der Waals surface area (Å²) in [6.07, 6.45) is 66.7. The van der Waals surface area contributed by atoms with Crippen LogP contribution < -0.4 is 0 Å². The molecular weight excluding hydrogens is 1260 g/mol. The number of esters is 4. The second-order valence-corrected chi connectivity index (χ2v) is 29.2. The standard InChI is InChI=1S/C77H142O17P2/c1-5-9-13-17-21-25-29-32-34-35-37-40-43-46-50-54-58-62-75(80)88-68-73(94-77(82)64-60-56-52-48-44-38-31-27-23-19-15-11-7-3)70-92-96(85,86)90-66-71(78)65-89-95(83,84)91-69-72(93-76(81)63-59-55-51-47-41-28-24-20-16-12-8-4)67-87-74(79)61-57-53-49-45-42-39-36-33-30-26-22-18-14-10-6-2/h9,13,21,25,32-34,36,71-73,78H,5-8,10-12,14-20,22-24,26-31,35,37-70H2,1-4H3,(H,83,84)(H,85,86)/b13-9-,25-21-,34-32-,36-33-. The first-order chi connectivity index (χ1) is 46.7. The smallest absolute Gasteiger partial charge is 0.462 e. The van der Waals surface area contributed by atoms with Crippen LogP contribution in [0, 0.1) is 0 Å². The Morgan fingerprint density at radius 2 is 0.542 bits per heavy atom. The van der Waals surface area contributed by atoms with Crippen LogP contribution in [-0.2, 0) is 65.4 Å². The Morgan fingerprint density at radius 3 is 0.844 bits per heavy atom. The van der Waals surface area contributed by atoms with E-state index in [0.29, 0.717) is 25.7 Å². The van der Waals surface area contributed by atoms with E-state index in [-0.39, 0.29) is 25.7 Å². The fraction of sp³-hybridized carbons (Fsp3) is 0.844. The van der Waals surface area contributed by atoms with Crippen molar-refractivity contribution in [3.05, 3.63) is 48.6 Å². The number of hydrogen-bond acceptors (Lipinski definition) is 15. The molecule has 0 saturated carbocycles. The van der Waals surface area contributed by atoms with Crippen molar-refractivity contribution >= 4 is 39.5 Å². The number of aliphatic hydroxyl groups is 1. The zero-order valence-electron chi connectivity index (χ0n) is 61.3. The van der Waals surface area contributed by atoms with Gasteiger partial charge >= 0.3 is 39.5 Å². The van der Waals surface area contributed by atoms with Crippen LogP contribution in [0.5, 0.6) is 0 Å². The minimum absolute atomic E-state index is 0.100. The molecule has 0 radical (unpaired) electrons. The lowest BCUT2D eigenvalue weighted by atomic mass is 10.0. The molecule has 0 aromatic carbocycles. The fourth-order valence-corrected chi connectivity index (χ4v) is 12.5. The number of aliphatic hydroxyl groups excluding tert-OH is 1. The average molecular weight is 1400 g/mol. The van der Waals surface area contributed by atoms with Crippen molar-refractivity contribution in [2.24, 2.45) is 0 Å². The Morgan fingerprint density at radius 1 is 0.302 bits per heavy atom. The highest BCUT2D eigenvalue weighted by Gasteiger charge is 2.30. The van der Waals surface area contributed by atoms with Crippen molar-refractivity contribution in [1.29, 1.82) is 0 Å². The summed E-state index contributed by atoms with van der Waals surface area (Å²) in [6, 6.07) is 0. The highest BCUT2D eigenvalue weighted by Crippen LogP contribution is 2.45. The minimum atomic E-state index is -4.97. The van der Waals surface area contributed by atoms with Crippen molar-refractivity contribution in [1.82, 2.24) is 0 Å². The summed E-state index contributed by atoms with van der Waals surface area (Å²) in [4.78, 5) is 72.8. The van der Waals surface area contributed by atoms with Crippen molar-refractivity contribution < 1.29 is 80.2 Å². The van der Waals surface area contributed by atoms with Gasteiger partial charge in [0, 0.05) is 25.7 Å². The van der Waals surface area contributed by atoms with Gasteiger partial charge in [0.25, 0.3) is 0 Å². The van der Waals surface area contributed by atoms with E-state index in [9.17, 15) is 43.2 Å². The van der Waals surface area contributed by atoms with Crippen molar-refractivity contribution in [2.45, 2.75) is 380 Å². The van der Waals surface area contributed by atoms with Crippen molar-refractivity contribution in [3.63, 3.8) is 0 Å². The SMILES string of the molecule is CC/C=C\C/C=C\C/C=C\CCCCCCCCCC(=O)OCC(COP(=O)(O)OCC(O)COP(=O)(O)OCC(COC(=O)CCCCCCC/C=C\CCCCCCCC)OC(=O)CCCCCCCCCCCCC)OC(=O)CCCCCCCCCCCCCCC. The zero-order valence-corrected chi connectivity index (χ0v) is 63.1. The maximum atomic E-state index is 13.1. The molecule has 0 rings (SSSR count). The highest BCUT2D eigenvalue weighted by atomic mass is 31.2. The molecule has 19 heteroatoms. The monoisotopic (exact) mass is 1400 g/mol. The molecule has 5 unspecified atom stereocenters. The van der Waals surface area contributed by atoms with Gasteiger partial charge in [0.05, 0.1) is 26.4 Å². The Balaban J connectivity index is 5.28. The molecule has 0 fully saturated rings. The molecule has 96 heavy (non-hydrogen) atoms. The molecule has 0 aliphatic carbocycles. The molecule has 0 aromatic heterocycles. The van der Waals surface area contributed by atoms with Crippen LogP contribution in [0.3, 0.4) is 0 Å². The summed E-state index contributed by atoms with van der Waals surface area (Å²) >= 11 is 0. The molecule has 562 valence electrons. The van der Waals surface area contributed by atoms with Gasteiger partial charge in [0.2, 0.25) is 0 Å². The maximum absolute atomic E-state index is 13.1. The molecule has 0 spiro atoms. The first kappa shape index (κ1) is 93.0. The van der Waals surface area contributed by atoms with Gasteiger partial charge in [-0.25, -0.2) is 9.13 Å². The van der Waals surface area contributed by atoms with Crippen molar-refractivity contribution in [3.8, 4) is 0 Å². The number of phosphoric acid groups is 2. The summed E-state index contributed by atoms with van der Waals surface area (Å²) in [5, 5.41) is 10.6. The summed E-state index contributed by atoms with van der Waals surface area (Å²) < 4.78 is 68.5. The third-order valence-corrected chi connectivity index (χ3v) is 18.7.